The fraction of sp³-hybridized carbons (Fsp3) is 0.900. The van der Waals surface area contributed by atoms with E-state index < -0.39 is 19.4 Å². The van der Waals surface area contributed by atoms with Gasteiger partial charge in [-0.1, -0.05) is 13.8 Å². The van der Waals surface area contributed by atoms with Crippen molar-refractivity contribution < 1.29 is 27.6 Å². The highest BCUT2D eigenvalue weighted by Crippen LogP contribution is 2.48. The summed E-state index contributed by atoms with van der Waals surface area (Å²) in [5.74, 6) is -2.76. The Bertz CT molecular complexity index is 322. The topological polar surface area (TPSA) is 69.6 Å². The van der Waals surface area contributed by atoms with Gasteiger partial charge in [-0.2, -0.15) is 13.2 Å². The number of nitrogens with zero attached hydrogens (tertiary/aromatic N) is 1. The molecule has 0 aromatic rings. The molecule has 1 saturated heterocycles. The van der Waals surface area contributed by atoms with E-state index in [2.05, 4.69) is 9.99 Å². The van der Waals surface area contributed by atoms with Crippen molar-refractivity contribution in [1.29, 1.82) is 0 Å². The predicted molar refractivity (Wildman–Crippen MR) is 66.8 cm³/mol. The van der Waals surface area contributed by atoms with Gasteiger partial charge in [0.15, 0.2) is 0 Å². The van der Waals surface area contributed by atoms with Crippen LogP contribution in [0.15, 0.2) is 0 Å². The molecule has 5 nitrogen and oxygen atoms in total. The van der Waals surface area contributed by atoms with Crippen LogP contribution < -0.4 is 5.32 Å². The van der Waals surface area contributed by atoms with Crippen molar-refractivity contribution in [1.82, 2.24) is 9.99 Å². The molecule has 0 atom stereocenters. The zero-order chi connectivity index (χ0) is 15.1. The van der Waals surface area contributed by atoms with Gasteiger partial charge in [0.2, 0.25) is 0 Å². The lowest BCUT2D eigenvalue weighted by atomic mass is 10.4. The molecule has 0 saturated carbocycles. The standard InChI is InChI=1S/C8H19N2OP.C2HF3O2/c1-3-12(11,4-2)10-7-5-9-6-8-10;3-2(4,5)1(6)7/h9H,3-8H2,1-2H3;(H,6,7). The highest BCUT2D eigenvalue weighted by atomic mass is 31.2. The van der Waals surface area contributed by atoms with Crippen molar-refractivity contribution in [3.63, 3.8) is 0 Å². The molecule has 0 amide bonds. The third kappa shape index (κ3) is 6.40. The monoisotopic (exact) mass is 304 g/mol. The van der Waals surface area contributed by atoms with Crippen LogP contribution in [0.4, 0.5) is 13.2 Å². The smallest absolute Gasteiger partial charge is 0.475 e. The molecule has 19 heavy (non-hydrogen) atoms. The normalized spacial score (nSPS) is 17.5. The Hall–Kier alpha value is -0.590. The molecule has 1 aliphatic rings. The maximum Gasteiger partial charge on any atom is 0.490 e. The summed E-state index contributed by atoms with van der Waals surface area (Å²) in [6.45, 7) is 7.96. The number of carboxylic acids is 1. The lowest BCUT2D eigenvalue weighted by Crippen LogP contribution is -2.42. The van der Waals surface area contributed by atoms with Crippen LogP contribution in [0.2, 0.25) is 0 Å². The van der Waals surface area contributed by atoms with Gasteiger partial charge in [-0.3, -0.25) is 4.67 Å². The lowest BCUT2D eigenvalue weighted by Gasteiger charge is -2.33. The van der Waals surface area contributed by atoms with E-state index >= 15 is 0 Å². The molecule has 2 N–H and O–H groups in total. The number of piperazine rings is 1. The van der Waals surface area contributed by atoms with E-state index in [0.29, 0.717) is 0 Å². The minimum Gasteiger partial charge on any atom is -0.475 e. The first kappa shape index (κ1) is 18.4. The Kier molecular flexibility index (Phi) is 7.62. The molecule has 0 aliphatic carbocycles. The Morgan fingerprint density at radius 1 is 1.26 bits per heavy atom. The van der Waals surface area contributed by atoms with Crippen LogP contribution in [0.25, 0.3) is 0 Å². The maximum absolute atomic E-state index is 12.2. The number of aliphatic carboxylic acids is 1. The Morgan fingerprint density at radius 3 is 1.89 bits per heavy atom. The summed E-state index contributed by atoms with van der Waals surface area (Å²) in [4.78, 5) is 8.90. The summed E-state index contributed by atoms with van der Waals surface area (Å²) < 4.78 is 46.1. The Balaban J connectivity index is 0.000000399. The number of rotatable bonds is 3. The third-order valence-electron chi connectivity index (χ3n) is 2.84. The van der Waals surface area contributed by atoms with Gasteiger partial charge in [-0.05, 0) is 0 Å². The van der Waals surface area contributed by atoms with Crippen LogP contribution in [0.5, 0.6) is 0 Å². The van der Waals surface area contributed by atoms with E-state index in [1.165, 1.54) is 0 Å². The second-order valence-corrected chi connectivity index (χ2v) is 7.51. The van der Waals surface area contributed by atoms with Crippen molar-refractivity contribution in [2.75, 3.05) is 38.5 Å². The fourth-order valence-electron chi connectivity index (χ4n) is 1.64. The van der Waals surface area contributed by atoms with Gasteiger partial charge in [0.05, 0.1) is 0 Å². The third-order valence-corrected chi connectivity index (χ3v) is 6.25. The number of carboxylic acid groups (broad SMARTS) is 1. The summed E-state index contributed by atoms with van der Waals surface area (Å²) in [7, 11) is -1.96. The van der Waals surface area contributed by atoms with Gasteiger partial charge in [0, 0.05) is 38.5 Å². The summed E-state index contributed by atoms with van der Waals surface area (Å²) in [6, 6.07) is 0. The van der Waals surface area contributed by atoms with E-state index in [1.54, 1.807) is 0 Å². The van der Waals surface area contributed by atoms with E-state index in [4.69, 9.17) is 9.90 Å². The molecule has 114 valence electrons. The number of alkyl halides is 3. The van der Waals surface area contributed by atoms with Gasteiger partial charge < -0.3 is 15.0 Å². The first-order chi connectivity index (χ1) is 8.67. The molecule has 0 spiro atoms. The molecule has 0 radical (unpaired) electrons. The maximum atomic E-state index is 12.2. The van der Waals surface area contributed by atoms with Gasteiger partial charge in [0.25, 0.3) is 0 Å². The average Bonchev–Trinajstić information content (AvgIpc) is 2.38. The average molecular weight is 304 g/mol. The van der Waals surface area contributed by atoms with E-state index in [-0.39, 0.29) is 0 Å². The molecular weight excluding hydrogens is 284 g/mol. The summed E-state index contributed by atoms with van der Waals surface area (Å²) in [6.07, 6.45) is -3.44. The molecule has 1 fully saturated rings. The molecule has 1 rings (SSSR count). The minimum atomic E-state index is -5.08. The van der Waals surface area contributed by atoms with Crippen LogP contribution in [0.3, 0.4) is 0 Å². The van der Waals surface area contributed by atoms with E-state index in [1.807, 2.05) is 13.8 Å². The number of nitrogens with one attached hydrogen (secondary N) is 1. The molecule has 0 bridgehead atoms. The summed E-state index contributed by atoms with van der Waals surface area (Å²) in [5, 5.41) is 10.4. The number of hydrogen-bond acceptors (Lipinski definition) is 3. The zero-order valence-electron chi connectivity index (χ0n) is 11.0. The van der Waals surface area contributed by atoms with Crippen molar-refractivity contribution in [2.45, 2.75) is 20.0 Å². The van der Waals surface area contributed by atoms with Crippen molar-refractivity contribution in [3.8, 4) is 0 Å². The highest BCUT2D eigenvalue weighted by molar-refractivity contribution is 7.61. The van der Waals surface area contributed by atoms with Crippen LogP contribution in [0, 0.1) is 0 Å². The van der Waals surface area contributed by atoms with Crippen LogP contribution >= 0.6 is 7.29 Å². The van der Waals surface area contributed by atoms with Crippen molar-refractivity contribution in [2.24, 2.45) is 0 Å². The summed E-state index contributed by atoms with van der Waals surface area (Å²) in [5.41, 5.74) is 0. The SMILES string of the molecule is CCP(=O)(CC)N1CCNCC1.O=C(O)C(F)(F)F. The Labute approximate surface area is 110 Å². The predicted octanol–water partition coefficient (Wildman–Crippen LogP) is 1.84. The van der Waals surface area contributed by atoms with Crippen molar-refractivity contribution in [3.05, 3.63) is 0 Å². The Morgan fingerprint density at radius 2 is 1.63 bits per heavy atom. The summed E-state index contributed by atoms with van der Waals surface area (Å²) >= 11 is 0. The fourth-order valence-corrected chi connectivity index (χ4v) is 3.82. The number of carbonyl (C=O) groups is 1. The highest BCUT2D eigenvalue weighted by Gasteiger charge is 2.38. The van der Waals surface area contributed by atoms with E-state index in [0.717, 1.165) is 38.5 Å². The number of hydrogen-bond donors (Lipinski definition) is 2. The van der Waals surface area contributed by atoms with Crippen LogP contribution in [-0.2, 0) is 9.36 Å². The second-order valence-electron chi connectivity index (χ2n) is 3.99. The molecule has 1 heterocycles. The van der Waals surface area contributed by atoms with Crippen LogP contribution in [-0.4, -0.2) is 60.4 Å². The van der Waals surface area contributed by atoms with Gasteiger partial charge in [-0.25, -0.2) is 4.79 Å². The lowest BCUT2D eigenvalue weighted by molar-refractivity contribution is -0.192. The minimum absolute atomic E-state index is 0.823. The molecular formula is C10H20F3N2O3P. The van der Waals surface area contributed by atoms with Crippen molar-refractivity contribution >= 4 is 13.3 Å². The molecule has 0 aromatic carbocycles. The molecule has 0 aromatic heterocycles. The van der Waals surface area contributed by atoms with Gasteiger partial charge in [0.1, 0.15) is 7.29 Å². The second kappa shape index (κ2) is 7.87. The number of halogens is 3. The molecule has 0 unspecified atom stereocenters. The van der Waals surface area contributed by atoms with Gasteiger partial charge >= 0.3 is 12.1 Å². The first-order valence-electron chi connectivity index (χ1n) is 6.01. The van der Waals surface area contributed by atoms with E-state index in [9.17, 15) is 17.7 Å². The molecule has 1 aliphatic heterocycles. The zero-order valence-corrected chi connectivity index (χ0v) is 11.9. The van der Waals surface area contributed by atoms with Gasteiger partial charge in [-0.15, -0.1) is 0 Å². The largest absolute Gasteiger partial charge is 0.490 e. The first-order valence-corrected chi connectivity index (χ1v) is 8.04. The quantitative estimate of drug-likeness (QED) is 0.779. The van der Waals surface area contributed by atoms with Crippen LogP contribution in [0.1, 0.15) is 13.8 Å². The molecule has 9 heteroatoms.